The molecule has 0 radical (unpaired) electrons. The predicted molar refractivity (Wildman–Crippen MR) is 76.0 cm³/mol. The Bertz CT molecular complexity index is 617. The lowest BCUT2D eigenvalue weighted by Gasteiger charge is -2.10. The molecule has 0 amide bonds. The molecule has 98 valence electrons. The molecule has 0 aliphatic heterocycles. The van der Waals surface area contributed by atoms with Crippen molar-refractivity contribution in [3.05, 3.63) is 57.8 Å². The molecule has 0 aliphatic rings. The summed E-state index contributed by atoms with van der Waals surface area (Å²) in [6, 6.07) is 8.54. The number of benzene rings is 1. The fourth-order valence-corrected chi connectivity index (χ4v) is 2.01. The van der Waals surface area contributed by atoms with Crippen LogP contribution in [0.1, 0.15) is 11.3 Å². The van der Waals surface area contributed by atoms with Crippen molar-refractivity contribution in [1.82, 2.24) is 4.98 Å². The number of nitrogens with two attached hydrogens (primary N) is 1. The number of ether oxygens (including phenoxy) is 1. The zero-order chi connectivity index (χ0) is 13.8. The summed E-state index contributed by atoms with van der Waals surface area (Å²) < 4.78 is 5.59. The molecule has 4 nitrogen and oxygen atoms in total. The van der Waals surface area contributed by atoms with Gasteiger partial charge in [-0.25, -0.2) is 0 Å². The lowest BCUT2D eigenvalue weighted by atomic mass is 10.2. The van der Waals surface area contributed by atoms with Crippen LogP contribution in [0.15, 0.2) is 36.5 Å². The second-order valence-corrected chi connectivity index (χ2v) is 4.63. The molecule has 1 heterocycles. The predicted octanol–water partition coefficient (Wildman–Crippen LogP) is 3.25. The van der Waals surface area contributed by atoms with Crippen LogP contribution in [0.4, 0.5) is 0 Å². The van der Waals surface area contributed by atoms with Crippen LogP contribution in [0.3, 0.4) is 0 Å². The molecule has 0 fully saturated rings. The van der Waals surface area contributed by atoms with Gasteiger partial charge in [0.1, 0.15) is 23.9 Å². The second-order valence-electron chi connectivity index (χ2n) is 3.79. The maximum absolute atomic E-state index is 7.45. The van der Waals surface area contributed by atoms with Crippen molar-refractivity contribution in [2.75, 3.05) is 0 Å². The topological polar surface area (TPSA) is 72.0 Å². The van der Waals surface area contributed by atoms with E-state index in [1.54, 1.807) is 36.5 Å². The number of nitrogen functional groups attached to an aromatic ring is 1. The fourth-order valence-electron chi connectivity index (χ4n) is 1.55. The van der Waals surface area contributed by atoms with Crippen LogP contribution in [0.2, 0.25) is 10.0 Å². The number of hydrogen-bond acceptors (Lipinski definition) is 3. The highest BCUT2D eigenvalue weighted by Gasteiger charge is 2.08. The summed E-state index contributed by atoms with van der Waals surface area (Å²) in [7, 11) is 0. The summed E-state index contributed by atoms with van der Waals surface area (Å²) in [5.41, 5.74) is 6.59. The molecule has 0 aliphatic carbocycles. The lowest BCUT2D eigenvalue weighted by molar-refractivity contribution is 0.305. The highest BCUT2D eigenvalue weighted by Crippen LogP contribution is 2.28. The number of pyridine rings is 1. The summed E-state index contributed by atoms with van der Waals surface area (Å²) >= 11 is 11.8. The Morgan fingerprint density at radius 1 is 1.32 bits per heavy atom. The molecular formula is C13H11Cl2N3O. The minimum atomic E-state index is -0.0959. The Morgan fingerprint density at radius 3 is 2.79 bits per heavy atom. The number of nitrogens with zero attached hydrogens (tertiary/aromatic N) is 1. The smallest absolute Gasteiger partial charge is 0.142 e. The number of halogens is 2. The molecule has 6 heteroatoms. The molecule has 0 atom stereocenters. The first-order chi connectivity index (χ1) is 9.08. The van der Waals surface area contributed by atoms with Gasteiger partial charge in [-0.1, -0.05) is 29.3 Å². The van der Waals surface area contributed by atoms with Crippen LogP contribution < -0.4 is 10.5 Å². The van der Waals surface area contributed by atoms with E-state index in [1.165, 1.54) is 0 Å². The fraction of sp³-hybridized carbons (Fsp3) is 0.0769. The van der Waals surface area contributed by atoms with E-state index in [0.717, 1.165) is 5.56 Å². The zero-order valence-electron chi connectivity index (χ0n) is 9.86. The van der Waals surface area contributed by atoms with Gasteiger partial charge in [0.2, 0.25) is 0 Å². The number of amidine groups is 1. The van der Waals surface area contributed by atoms with Gasteiger partial charge in [0.05, 0.1) is 5.02 Å². The minimum Gasteiger partial charge on any atom is -0.487 e. The Kier molecular flexibility index (Phi) is 4.24. The second kappa shape index (κ2) is 5.91. The van der Waals surface area contributed by atoms with Gasteiger partial charge >= 0.3 is 0 Å². The van der Waals surface area contributed by atoms with Crippen molar-refractivity contribution in [2.24, 2.45) is 5.73 Å². The van der Waals surface area contributed by atoms with E-state index < -0.39 is 0 Å². The Hall–Kier alpha value is -1.78. The quantitative estimate of drug-likeness (QED) is 0.672. The van der Waals surface area contributed by atoms with Gasteiger partial charge in [0.25, 0.3) is 0 Å². The lowest BCUT2D eigenvalue weighted by Crippen LogP contribution is -2.16. The molecule has 2 rings (SSSR count). The van der Waals surface area contributed by atoms with Crippen molar-refractivity contribution in [3.8, 4) is 5.75 Å². The molecule has 19 heavy (non-hydrogen) atoms. The van der Waals surface area contributed by atoms with Crippen molar-refractivity contribution in [1.29, 1.82) is 5.41 Å². The maximum Gasteiger partial charge on any atom is 0.142 e. The number of nitrogens with one attached hydrogen (secondary N) is 1. The van der Waals surface area contributed by atoms with Gasteiger partial charge in [-0.2, -0.15) is 0 Å². The SMILES string of the molecule is N=C(N)c1ncccc1COc1ccc(Cl)cc1Cl. The van der Waals surface area contributed by atoms with Crippen LogP contribution in [0.25, 0.3) is 0 Å². The van der Waals surface area contributed by atoms with Gasteiger partial charge in [0.15, 0.2) is 0 Å². The van der Waals surface area contributed by atoms with Crippen molar-refractivity contribution in [2.45, 2.75) is 6.61 Å². The van der Waals surface area contributed by atoms with Gasteiger partial charge in [-0.3, -0.25) is 10.4 Å². The monoisotopic (exact) mass is 295 g/mol. The third-order valence-corrected chi connectivity index (χ3v) is 2.95. The average Bonchev–Trinajstić information content (AvgIpc) is 2.38. The standard InChI is InChI=1S/C13H11Cl2N3O/c14-9-3-4-11(10(15)6-9)19-7-8-2-1-5-18-12(8)13(16)17/h1-6H,7H2,(H3,16,17). The number of rotatable bonds is 4. The average molecular weight is 296 g/mol. The normalized spacial score (nSPS) is 10.2. The highest BCUT2D eigenvalue weighted by molar-refractivity contribution is 6.35. The Morgan fingerprint density at radius 2 is 2.11 bits per heavy atom. The zero-order valence-corrected chi connectivity index (χ0v) is 11.4. The van der Waals surface area contributed by atoms with Gasteiger partial charge in [-0.05, 0) is 24.3 Å². The molecule has 1 aromatic carbocycles. The molecule has 1 aromatic heterocycles. The molecule has 0 saturated carbocycles. The van der Waals surface area contributed by atoms with Gasteiger partial charge in [-0.15, -0.1) is 0 Å². The molecule has 3 N–H and O–H groups in total. The molecular weight excluding hydrogens is 285 g/mol. The van der Waals surface area contributed by atoms with Crippen molar-refractivity contribution in [3.63, 3.8) is 0 Å². The van der Waals surface area contributed by atoms with Crippen LogP contribution in [0, 0.1) is 5.41 Å². The van der Waals surface area contributed by atoms with Gasteiger partial charge in [0, 0.05) is 16.8 Å². The largest absolute Gasteiger partial charge is 0.487 e. The first-order valence-corrected chi connectivity index (χ1v) is 6.19. The summed E-state index contributed by atoms with van der Waals surface area (Å²) in [6.45, 7) is 0.226. The van der Waals surface area contributed by atoms with Crippen LogP contribution >= 0.6 is 23.2 Å². The van der Waals surface area contributed by atoms with Crippen molar-refractivity contribution < 1.29 is 4.74 Å². The Balaban J connectivity index is 2.17. The molecule has 0 saturated heterocycles. The minimum absolute atomic E-state index is 0.0959. The van der Waals surface area contributed by atoms with Gasteiger partial charge < -0.3 is 10.5 Å². The summed E-state index contributed by atoms with van der Waals surface area (Å²) in [5, 5.41) is 8.42. The van der Waals surface area contributed by atoms with E-state index in [-0.39, 0.29) is 12.4 Å². The molecule has 2 aromatic rings. The van der Waals surface area contributed by atoms with E-state index in [2.05, 4.69) is 4.98 Å². The molecule has 0 bridgehead atoms. The summed E-state index contributed by atoms with van der Waals surface area (Å²) in [4.78, 5) is 4.04. The Labute approximate surface area is 120 Å². The highest BCUT2D eigenvalue weighted by atomic mass is 35.5. The summed E-state index contributed by atoms with van der Waals surface area (Å²) in [5.74, 6) is 0.422. The first kappa shape index (κ1) is 13.6. The van der Waals surface area contributed by atoms with E-state index in [4.69, 9.17) is 39.1 Å². The number of aromatic nitrogens is 1. The van der Waals surface area contributed by atoms with Crippen LogP contribution in [0.5, 0.6) is 5.75 Å². The van der Waals surface area contributed by atoms with E-state index in [9.17, 15) is 0 Å². The first-order valence-electron chi connectivity index (χ1n) is 5.44. The van der Waals surface area contributed by atoms with Crippen LogP contribution in [-0.4, -0.2) is 10.8 Å². The number of hydrogen-bond donors (Lipinski definition) is 2. The third kappa shape index (κ3) is 3.36. The summed E-state index contributed by atoms with van der Waals surface area (Å²) in [6.07, 6.45) is 1.58. The maximum atomic E-state index is 7.45. The van der Waals surface area contributed by atoms with Crippen molar-refractivity contribution >= 4 is 29.0 Å². The molecule has 0 spiro atoms. The molecule has 0 unspecified atom stereocenters. The van der Waals surface area contributed by atoms with E-state index in [0.29, 0.717) is 21.5 Å². The van der Waals surface area contributed by atoms with E-state index >= 15 is 0 Å². The van der Waals surface area contributed by atoms with Crippen LogP contribution in [-0.2, 0) is 6.61 Å². The van der Waals surface area contributed by atoms with E-state index in [1.807, 2.05) is 0 Å². The third-order valence-electron chi connectivity index (χ3n) is 2.42.